The third-order valence-corrected chi connectivity index (χ3v) is 3.89. The lowest BCUT2D eigenvalue weighted by Gasteiger charge is -2.27. The molecular formula is C16H22N2O3. The average molecular weight is 290 g/mol. The van der Waals surface area contributed by atoms with Crippen LogP contribution in [-0.2, 0) is 9.59 Å². The van der Waals surface area contributed by atoms with Crippen LogP contribution in [0.3, 0.4) is 0 Å². The Morgan fingerprint density at radius 3 is 2.71 bits per heavy atom. The summed E-state index contributed by atoms with van der Waals surface area (Å²) in [6.07, 6.45) is 8.44. The summed E-state index contributed by atoms with van der Waals surface area (Å²) >= 11 is 0. The Morgan fingerprint density at radius 1 is 1.33 bits per heavy atom. The number of rotatable bonds is 3. The smallest absolute Gasteiger partial charge is 0.245 e. The minimum absolute atomic E-state index is 0.0546. The monoisotopic (exact) mass is 290 g/mol. The molecule has 1 fully saturated rings. The number of amides is 1. The minimum atomic E-state index is -0.761. The summed E-state index contributed by atoms with van der Waals surface area (Å²) in [6, 6.07) is 0. The van der Waals surface area contributed by atoms with Gasteiger partial charge in [-0.05, 0) is 25.7 Å². The zero-order valence-corrected chi connectivity index (χ0v) is 12.4. The van der Waals surface area contributed by atoms with Crippen molar-refractivity contribution in [1.82, 2.24) is 10.9 Å². The second-order valence-corrected chi connectivity index (χ2v) is 5.79. The molecule has 3 N–H and O–H groups in total. The van der Waals surface area contributed by atoms with Crippen molar-refractivity contribution in [3.05, 3.63) is 35.6 Å². The number of allylic oxidation sites excluding steroid dienone is 4. The van der Waals surface area contributed by atoms with Gasteiger partial charge in [-0.2, -0.15) is 0 Å². The van der Waals surface area contributed by atoms with Crippen LogP contribution >= 0.6 is 0 Å². The Labute approximate surface area is 124 Å². The summed E-state index contributed by atoms with van der Waals surface area (Å²) in [5.41, 5.74) is 6.27. The SMILES string of the molecule is CC(NNC(=O)C1C=CC=CC1)=C1C(=O)CC(C)CC1O. The summed E-state index contributed by atoms with van der Waals surface area (Å²) < 4.78 is 0. The number of Topliss-reactive ketones (excluding diaryl/α,β-unsaturated/α-hetero) is 1. The molecule has 2 aliphatic carbocycles. The fraction of sp³-hybridized carbons (Fsp3) is 0.500. The van der Waals surface area contributed by atoms with E-state index < -0.39 is 6.10 Å². The first-order chi connectivity index (χ1) is 9.99. The van der Waals surface area contributed by atoms with Crippen LogP contribution in [0, 0.1) is 11.8 Å². The molecule has 1 saturated carbocycles. The van der Waals surface area contributed by atoms with Crippen molar-refractivity contribution in [3.63, 3.8) is 0 Å². The zero-order chi connectivity index (χ0) is 15.4. The third kappa shape index (κ3) is 3.82. The van der Waals surface area contributed by atoms with Crippen LogP contribution in [0.15, 0.2) is 35.6 Å². The van der Waals surface area contributed by atoms with Gasteiger partial charge in [0.05, 0.1) is 12.0 Å². The van der Waals surface area contributed by atoms with Gasteiger partial charge in [-0.3, -0.25) is 15.0 Å². The van der Waals surface area contributed by atoms with E-state index in [9.17, 15) is 14.7 Å². The minimum Gasteiger partial charge on any atom is -0.388 e. The van der Waals surface area contributed by atoms with Crippen molar-refractivity contribution in [1.29, 1.82) is 0 Å². The second kappa shape index (κ2) is 6.72. The average Bonchev–Trinajstić information content (AvgIpc) is 2.44. The Kier molecular flexibility index (Phi) is 4.96. The van der Waals surface area contributed by atoms with E-state index in [2.05, 4.69) is 10.9 Å². The Hall–Kier alpha value is -1.88. The maximum Gasteiger partial charge on any atom is 0.245 e. The first-order valence-electron chi connectivity index (χ1n) is 7.30. The maximum atomic E-state index is 12.0. The maximum absolute atomic E-state index is 12.0. The van der Waals surface area contributed by atoms with Crippen LogP contribution in [0.5, 0.6) is 0 Å². The number of hydrazine groups is 1. The van der Waals surface area contributed by atoms with Gasteiger partial charge in [0, 0.05) is 17.7 Å². The first kappa shape index (κ1) is 15.5. The highest BCUT2D eigenvalue weighted by Gasteiger charge is 2.30. The number of ketones is 1. The van der Waals surface area contributed by atoms with Crippen molar-refractivity contribution in [2.24, 2.45) is 11.8 Å². The van der Waals surface area contributed by atoms with Gasteiger partial charge in [-0.25, -0.2) is 0 Å². The molecule has 0 aromatic heterocycles. The topological polar surface area (TPSA) is 78.4 Å². The number of aliphatic hydroxyl groups excluding tert-OH is 1. The van der Waals surface area contributed by atoms with Crippen LogP contribution in [-0.4, -0.2) is 22.9 Å². The summed E-state index contributed by atoms with van der Waals surface area (Å²) in [5, 5.41) is 10.0. The highest BCUT2D eigenvalue weighted by Crippen LogP contribution is 2.26. The number of hydrogen-bond donors (Lipinski definition) is 3. The summed E-state index contributed by atoms with van der Waals surface area (Å²) in [7, 11) is 0. The van der Waals surface area contributed by atoms with Crippen LogP contribution in [0.4, 0.5) is 0 Å². The van der Waals surface area contributed by atoms with Crippen molar-refractivity contribution in [2.45, 2.75) is 39.2 Å². The van der Waals surface area contributed by atoms with Gasteiger partial charge in [-0.15, -0.1) is 0 Å². The molecule has 0 radical (unpaired) electrons. The first-order valence-corrected chi connectivity index (χ1v) is 7.30. The van der Waals surface area contributed by atoms with Crippen molar-refractivity contribution >= 4 is 11.7 Å². The van der Waals surface area contributed by atoms with Gasteiger partial charge >= 0.3 is 0 Å². The van der Waals surface area contributed by atoms with Crippen LogP contribution in [0.25, 0.3) is 0 Å². The lowest BCUT2D eigenvalue weighted by Crippen LogP contribution is -2.42. The third-order valence-electron chi connectivity index (χ3n) is 3.89. The quantitative estimate of drug-likeness (QED) is 0.542. The van der Waals surface area contributed by atoms with Crippen LogP contribution in [0.1, 0.15) is 33.1 Å². The molecule has 0 aromatic carbocycles. The molecule has 21 heavy (non-hydrogen) atoms. The zero-order valence-electron chi connectivity index (χ0n) is 12.4. The van der Waals surface area contributed by atoms with Crippen LogP contribution < -0.4 is 10.9 Å². The highest BCUT2D eigenvalue weighted by molar-refractivity contribution is 5.97. The van der Waals surface area contributed by atoms with E-state index in [-0.39, 0.29) is 23.5 Å². The van der Waals surface area contributed by atoms with Gasteiger partial charge in [0.1, 0.15) is 0 Å². The number of aliphatic hydroxyl groups is 1. The van der Waals surface area contributed by atoms with Crippen molar-refractivity contribution in [2.75, 3.05) is 0 Å². The summed E-state index contributed by atoms with van der Waals surface area (Å²) in [5.74, 6) is -0.215. The largest absolute Gasteiger partial charge is 0.388 e. The summed E-state index contributed by atoms with van der Waals surface area (Å²) in [4.78, 5) is 24.0. The Bertz CT molecular complexity index is 520. The molecule has 0 aromatic rings. The highest BCUT2D eigenvalue weighted by atomic mass is 16.3. The van der Waals surface area contributed by atoms with E-state index in [0.29, 0.717) is 30.5 Å². The lowest BCUT2D eigenvalue weighted by atomic mass is 9.83. The normalized spacial score (nSPS) is 31.0. The predicted octanol–water partition coefficient (Wildman–Crippen LogP) is 1.37. The molecule has 0 bridgehead atoms. The fourth-order valence-electron chi connectivity index (χ4n) is 2.74. The Balaban J connectivity index is 1.97. The predicted molar refractivity (Wildman–Crippen MR) is 79.8 cm³/mol. The molecule has 5 nitrogen and oxygen atoms in total. The molecule has 1 amide bonds. The second-order valence-electron chi connectivity index (χ2n) is 5.79. The number of hydrogen-bond acceptors (Lipinski definition) is 4. The molecule has 3 atom stereocenters. The van der Waals surface area contributed by atoms with Crippen molar-refractivity contribution in [3.8, 4) is 0 Å². The molecule has 0 heterocycles. The van der Waals surface area contributed by atoms with E-state index in [1.165, 1.54) is 0 Å². The van der Waals surface area contributed by atoms with Crippen molar-refractivity contribution < 1.29 is 14.7 Å². The molecule has 0 spiro atoms. The standard InChI is InChI=1S/C16H22N2O3/c1-10-8-13(19)15(14(20)9-10)11(2)17-18-16(21)12-6-4-3-5-7-12/h3-6,10,12-13,17,19H,7-9H2,1-2H3,(H,18,21). The van der Waals surface area contributed by atoms with Crippen LogP contribution in [0.2, 0.25) is 0 Å². The number of nitrogens with one attached hydrogen (secondary N) is 2. The molecule has 0 saturated heterocycles. The lowest BCUT2D eigenvalue weighted by molar-refractivity contribution is -0.124. The van der Waals surface area contributed by atoms with E-state index in [4.69, 9.17) is 0 Å². The van der Waals surface area contributed by atoms with E-state index >= 15 is 0 Å². The van der Waals surface area contributed by atoms with Gasteiger partial charge in [-0.1, -0.05) is 31.2 Å². The fourth-order valence-corrected chi connectivity index (χ4v) is 2.74. The Morgan fingerprint density at radius 2 is 2.10 bits per heavy atom. The van der Waals surface area contributed by atoms with E-state index in [1.54, 1.807) is 6.92 Å². The van der Waals surface area contributed by atoms with Gasteiger partial charge in [0.25, 0.3) is 0 Å². The van der Waals surface area contributed by atoms with Gasteiger partial charge < -0.3 is 10.5 Å². The molecule has 2 rings (SSSR count). The number of carbonyl (C=O) groups is 2. The molecule has 2 aliphatic rings. The molecule has 3 unspecified atom stereocenters. The van der Waals surface area contributed by atoms with Gasteiger partial charge in [0.2, 0.25) is 5.91 Å². The molecular weight excluding hydrogens is 268 g/mol. The van der Waals surface area contributed by atoms with E-state index in [0.717, 1.165) is 0 Å². The molecule has 114 valence electrons. The van der Waals surface area contributed by atoms with E-state index in [1.807, 2.05) is 31.2 Å². The molecule has 0 aliphatic heterocycles. The summed E-state index contributed by atoms with van der Waals surface area (Å²) in [6.45, 7) is 3.65. The molecule has 5 heteroatoms. The van der Waals surface area contributed by atoms with Gasteiger partial charge in [0.15, 0.2) is 5.78 Å². The number of carbonyl (C=O) groups excluding carboxylic acids is 2.